The smallest absolute Gasteiger partial charge is 0.306 e. The van der Waals surface area contributed by atoms with Crippen molar-refractivity contribution in [2.45, 2.75) is 18.9 Å². The number of nitrogens with zero attached hydrogens (tertiary/aromatic N) is 3. The minimum atomic E-state index is -0.473. The molecule has 2 heterocycles. The second-order valence-electron chi connectivity index (χ2n) is 7.19. The molecule has 1 aliphatic rings. The molecule has 0 unspecified atom stereocenters. The van der Waals surface area contributed by atoms with Crippen molar-refractivity contribution in [3.8, 4) is 11.3 Å². The van der Waals surface area contributed by atoms with E-state index < -0.39 is 4.92 Å². The Labute approximate surface area is 168 Å². The first-order valence-corrected chi connectivity index (χ1v) is 9.35. The van der Waals surface area contributed by atoms with Gasteiger partial charge in [0.05, 0.1) is 21.7 Å². The first-order valence-electron chi connectivity index (χ1n) is 9.35. The van der Waals surface area contributed by atoms with Crippen LogP contribution in [0, 0.1) is 10.1 Å². The summed E-state index contributed by atoms with van der Waals surface area (Å²) >= 11 is 0. The largest absolute Gasteiger partial charge is 0.326 e. The van der Waals surface area contributed by atoms with Crippen molar-refractivity contribution in [1.82, 2.24) is 19.7 Å². The number of carbonyl (C=O) groups excluding carboxylic acids is 1. The maximum Gasteiger partial charge on any atom is 0.326 e. The lowest BCUT2D eigenvalue weighted by Crippen LogP contribution is -2.14. The number of nitrogens with one attached hydrogen (secondary N) is 3. The Morgan fingerprint density at radius 1 is 1.20 bits per heavy atom. The number of imidazole rings is 1. The van der Waals surface area contributed by atoms with Crippen LogP contribution in [0.3, 0.4) is 0 Å². The number of anilines is 1. The van der Waals surface area contributed by atoms with E-state index in [1.165, 1.54) is 12.1 Å². The quantitative estimate of drug-likeness (QED) is 0.346. The molecule has 0 atom stereocenters. The van der Waals surface area contributed by atoms with Crippen LogP contribution < -0.4 is 11.0 Å². The van der Waals surface area contributed by atoms with Crippen LogP contribution >= 0.6 is 0 Å². The van der Waals surface area contributed by atoms with E-state index >= 15 is 0 Å². The highest BCUT2D eigenvalue weighted by Gasteiger charge is 2.27. The number of carbonyl (C=O) groups is 1. The number of rotatable bonds is 5. The summed E-state index contributed by atoms with van der Waals surface area (Å²) in [5.74, 6) is -0.0975. The van der Waals surface area contributed by atoms with E-state index in [0.29, 0.717) is 22.3 Å². The molecule has 150 valence electrons. The first-order chi connectivity index (χ1) is 14.5. The van der Waals surface area contributed by atoms with Crippen LogP contribution in [-0.4, -0.2) is 30.6 Å². The Bertz CT molecular complexity index is 1360. The molecule has 1 fully saturated rings. The molecule has 0 aliphatic heterocycles. The highest BCUT2D eigenvalue weighted by molar-refractivity contribution is 6.05. The number of fused-ring (bicyclic) bond motifs is 1. The van der Waals surface area contributed by atoms with Gasteiger partial charge in [-0.15, -0.1) is 0 Å². The predicted molar refractivity (Wildman–Crippen MR) is 109 cm³/mol. The number of benzene rings is 2. The molecule has 5 rings (SSSR count). The molecule has 10 nitrogen and oxygen atoms in total. The van der Waals surface area contributed by atoms with Gasteiger partial charge in [-0.05, 0) is 31.0 Å². The summed E-state index contributed by atoms with van der Waals surface area (Å²) in [6, 6.07) is 13.0. The van der Waals surface area contributed by atoms with Crippen molar-refractivity contribution in [1.29, 1.82) is 0 Å². The third-order valence-corrected chi connectivity index (χ3v) is 5.08. The van der Waals surface area contributed by atoms with E-state index in [1.807, 2.05) is 0 Å². The summed E-state index contributed by atoms with van der Waals surface area (Å²) in [6.07, 6.45) is 1.97. The lowest BCUT2D eigenvalue weighted by molar-refractivity contribution is -0.384. The van der Waals surface area contributed by atoms with E-state index in [-0.39, 0.29) is 29.1 Å². The second-order valence-corrected chi connectivity index (χ2v) is 7.19. The molecule has 0 saturated heterocycles. The number of nitro benzene ring substituents is 1. The van der Waals surface area contributed by atoms with Gasteiger partial charge in [0.2, 0.25) is 0 Å². The number of amides is 1. The zero-order chi connectivity index (χ0) is 20.8. The summed E-state index contributed by atoms with van der Waals surface area (Å²) in [6.45, 7) is 0. The molecule has 0 bridgehead atoms. The molecule has 10 heteroatoms. The molecule has 1 saturated carbocycles. The Hall–Kier alpha value is -4.21. The first kappa shape index (κ1) is 17.9. The zero-order valence-corrected chi connectivity index (χ0v) is 15.6. The average Bonchev–Trinajstić information content (AvgIpc) is 3.36. The molecule has 1 amide bonds. The number of H-pyrrole nitrogens is 2. The molecule has 2 aromatic heterocycles. The molecule has 4 aromatic rings. The van der Waals surface area contributed by atoms with Crippen molar-refractivity contribution < 1.29 is 9.72 Å². The molecule has 30 heavy (non-hydrogen) atoms. The van der Waals surface area contributed by atoms with Crippen molar-refractivity contribution in [2.24, 2.45) is 0 Å². The highest BCUT2D eigenvalue weighted by Crippen LogP contribution is 2.35. The third-order valence-electron chi connectivity index (χ3n) is 5.08. The van der Waals surface area contributed by atoms with Gasteiger partial charge in [-0.1, -0.05) is 12.1 Å². The van der Waals surface area contributed by atoms with E-state index in [9.17, 15) is 19.7 Å². The number of non-ortho nitro benzene ring substituents is 1. The zero-order valence-electron chi connectivity index (χ0n) is 15.6. The van der Waals surface area contributed by atoms with Gasteiger partial charge in [0.1, 0.15) is 0 Å². The summed E-state index contributed by atoms with van der Waals surface area (Å²) in [5.41, 5.74) is 2.69. The van der Waals surface area contributed by atoms with Gasteiger partial charge in [-0.3, -0.25) is 24.6 Å². The fraction of sp³-hybridized carbons (Fsp3) is 0.150. The lowest BCUT2D eigenvalue weighted by Gasteiger charge is -2.03. The summed E-state index contributed by atoms with van der Waals surface area (Å²) in [7, 11) is 0. The van der Waals surface area contributed by atoms with Crippen LogP contribution in [0.15, 0.2) is 53.3 Å². The number of aromatic amines is 2. The predicted octanol–water partition coefficient (Wildman–Crippen LogP) is 3.22. The van der Waals surface area contributed by atoms with Crippen molar-refractivity contribution in [2.75, 3.05) is 5.32 Å². The van der Waals surface area contributed by atoms with Crippen LogP contribution in [0.4, 0.5) is 11.5 Å². The summed E-state index contributed by atoms with van der Waals surface area (Å²) in [5, 5.41) is 20.5. The van der Waals surface area contributed by atoms with Gasteiger partial charge in [0.25, 0.3) is 11.6 Å². The normalized spacial score (nSPS) is 13.5. The maximum absolute atomic E-state index is 12.6. The van der Waals surface area contributed by atoms with Gasteiger partial charge in [-0.25, -0.2) is 4.79 Å². The van der Waals surface area contributed by atoms with Crippen LogP contribution in [0.2, 0.25) is 0 Å². The fourth-order valence-electron chi connectivity index (χ4n) is 3.48. The monoisotopic (exact) mass is 404 g/mol. The van der Waals surface area contributed by atoms with E-state index in [0.717, 1.165) is 18.4 Å². The van der Waals surface area contributed by atoms with Crippen molar-refractivity contribution >= 4 is 28.4 Å². The van der Waals surface area contributed by atoms with Crippen molar-refractivity contribution in [3.63, 3.8) is 0 Å². The van der Waals surface area contributed by atoms with E-state index in [4.69, 9.17) is 0 Å². The number of aromatic nitrogens is 4. The average molecular weight is 404 g/mol. The molecular weight excluding hydrogens is 388 g/mol. The Morgan fingerprint density at radius 3 is 2.80 bits per heavy atom. The third kappa shape index (κ3) is 3.13. The fourth-order valence-corrected chi connectivity index (χ4v) is 3.48. The van der Waals surface area contributed by atoms with Crippen LogP contribution in [0.5, 0.6) is 0 Å². The van der Waals surface area contributed by atoms with Gasteiger partial charge in [0.15, 0.2) is 5.82 Å². The van der Waals surface area contributed by atoms with Gasteiger partial charge in [-0.2, -0.15) is 5.10 Å². The van der Waals surface area contributed by atoms with Crippen LogP contribution in [0.1, 0.15) is 29.2 Å². The Morgan fingerprint density at radius 2 is 2.03 bits per heavy atom. The molecule has 0 radical (unpaired) electrons. The Kier molecular flexibility index (Phi) is 3.98. The SMILES string of the molecule is O=C(Nc1cc(-c2cccc([N+](=O)[O-])c2)[nH]n1)c1ccc2c(c1)[nH]c(=O)n2C1CC1. The van der Waals surface area contributed by atoms with E-state index in [1.54, 1.807) is 41.0 Å². The highest BCUT2D eigenvalue weighted by atomic mass is 16.6. The van der Waals surface area contributed by atoms with Crippen LogP contribution in [0.25, 0.3) is 22.3 Å². The number of hydrogen-bond acceptors (Lipinski definition) is 5. The standard InChI is InChI=1S/C20H16N6O4/c27-19(12-4-7-17-16(9-12)21-20(28)25(17)13-5-6-13)22-18-10-15(23-24-18)11-2-1-3-14(8-11)26(29)30/h1-4,7-10,13H,5-6H2,(H,21,28)(H2,22,23,24,27). The van der Waals surface area contributed by atoms with Gasteiger partial charge in [0, 0.05) is 35.4 Å². The maximum atomic E-state index is 12.6. The van der Waals surface area contributed by atoms with E-state index in [2.05, 4.69) is 20.5 Å². The molecule has 3 N–H and O–H groups in total. The lowest BCUT2D eigenvalue weighted by atomic mass is 10.1. The molecule has 0 spiro atoms. The second kappa shape index (κ2) is 6.69. The Balaban J connectivity index is 1.38. The minimum absolute atomic E-state index is 0.0342. The number of nitro groups is 1. The molecule has 2 aromatic carbocycles. The summed E-state index contributed by atoms with van der Waals surface area (Å²) in [4.78, 5) is 38.1. The van der Waals surface area contributed by atoms with Crippen LogP contribution in [-0.2, 0) is 0 Å². The summed E-state index contributed by atoms with van der Waals surface area (Å²) < 4.78 is 1.73. The number of hydrogen-bond donors (Lipinski definition) is 3. The minimum Gasteiger partial charge on any atom is -0.306 e. The molecule has 1 aliphatic carbocycles. The topological polar surface area (TPSA) is 139 Å². The van der Waals surface area contributed by atoms with Gasteiger partial charge < -0.3 is 10.3 Å². The van der Waals surface area contributed by atoms with Gasteiger partial charge >= 0.3 is 5.69 Å². The van der Waals surface area contributed by atoms with Crippen molar-refractivity contribution in [3.05, 3.63) is 74.7 Å². The molecular formula is C20H16N6O4.